The molecule has 0 radical (unpaired) electrons. The Kier molecular flexibility index (Phi) is 4.59. The fraction of sp³-hybridized carbons (Fsp3) is 0.381. The van der Waals surface area contributed by atoms with E-state index < -0.39 is 23.6 Å². The highest BCUT2D eigenvalue weighted by molar-refractivity contribution is 5.88. The Morgan fingerprint density at radius 3 is 2.59 bits per heavy atom. The number of nitrogens with one attached hydrogen (secondary N) is 1. The Balaban J connectivity index is 1.82. The third-order valence-electron chi connectivity index (χ3n) is 5.53. The van der Waals surface area contributed by atoms with Gasteiger partial charge >= 0.3 is 0 Å². The molecule has 1 fully saturated rings. The van der Waals surface area contributed by atoms with Crippen molar-refractivity contribution in [2.45, 2.75) is 51.6 Å². The van der Waals surface area contributed by atoms with Crippen molar-refractivity contribution in [3.05, 3.63) is 63.6 Å². The van der Waals surface area contributed by atoms with Gasteiger partial charge in [0.05, 0.1) is 16.9 Å². The summed E-state index contributed by atoms with van der Waals surface area (Å²) >= 11 is 0. The lowest BCUT2D eigenvalue weighted by Gasteiger charge is -2.21. The summed E-state index contributed by atoms with van der Waals surface area (Å²) in [5.41, 5.74) is -0.613. The minimum Gasteiger partial charge on any atom is -0.363 e. The fourth-order valence-corrected chi connectivity index (χ4v) is 3.66. The molecule has 1 atom stereocenters. The molecule has 0 saturated heterocycles. The van der Waals surface area contributed by atoms with E-state index in [4.69, 9.17) is 0 Å². The number of rotatable bonds is 5. The number of nitrogens with zero attached hydrogens (tertiary/aromatic N) is 3. The molecule has 8 heteroatoms. The van der Waals surface area contributed by atoms with E-state index in [2.05, 4.69) is 15.3 Å². The largest absolute Gasteiger partial charge is 0.363 e. The molecule has 29 heavy (non-hydrogen) atoms. The van der Waals surface area contributed by atoms with E-state index in [0.29, 0.717) is 33.7 Å². The zero-order valence-electron chi connectivity index (χ0n) is 16.3. The molecule has 0 bridgehead atoms. The van der Waals surface area contributed by atoms with E-state index in [1.165, 1.54) is 12.3 Å². The number of anilines is 1. The molecule has 1 aliphatic carbocycles. The summed E-state index contributed by atoms with van der Waals surface area (Å²) < 4.78 is 42.8. The van der Waals surface area contributed by atoms with Crippen LogP contribution in [-0.4, -0.2) is 21.0 Å². The van der Waals surface area contributed by atoms with Crippen LogP contribution in [0.15, 0.2) is 35.3 Å². The monoisotopic (exact) mass is 402 g/mol. The average molecular weight is 402 g/mol. The van der Waals surface area contributed by atoms with Gasteiger partial charge < -0.3 is 9.88 Å². The molecule has 0 spiro atoms. The molecule has 0 aliphatic heterocycles. The SMILES string of the molecule is Cc1nc(N[C@H](C)c2cccc(C)c2F)c2cn(C3(C(F)F)CC3)c(=O)cc2n1. The molecular weight excluding hydrogens is 381 g/mol. The number of aryl methyl sites for hydroxylation is 2. The molecule has 2 aromatic heterocycles. The lowest BCUT2D eigenvalue weighted by atomic mass is 10.0. The van der Waals surface area contributed by atoms with Crippen molar-refractivity contribution in [3.63, 3.8) is 0 Å². The third-order valence-corrected chi connectivity index (χ3v) is 5.53. The highest BCUT2D eigenvalue weighted by atomic mass is 19.3. The van der Waals surface area contributed by atoms with Crippen LogP contribution in [-0.2, 0) is 5.54 Å². The Morgan fingerprint density at radius 1 is 1.21 bits per heavy atom. The van der Waals surface area contributed by atoms with Gasteiger partial charge in [-0.15, -0.1) is 0 Å². The molecule has 5 nitrogen and oxygen atoms in total. The number of hydrogen-bond donors (Lipinski definition) is 1. The van der Waals surface area contributed by atoms with Crippen LogP contribution in [0.4, 0.5) is 19.0 Å². The second-order valence-electron chi connectivity index (χ2n) is 7.65. The topological polar surface area (TPSA) is 59.8 Å². The smallest absolute Gasteiger partial charge is 0.261 e. The summed E-state index contributed by atoms with van der Waals surface area (Å²) in [7, 11) is 0. The molecule has 1 aromatic carbocycles. The van der Waals surface area contributed by atoms with Crippen molar-refractivity contribution in [1.29, 1.82) is 0 Å². The predicted molar refractivity (Wildman–Crippen MR) is 105 cm³/mol. The van der Waals surface area contributed by atoms with Crippen molar-refractivity contribution in [1.82, 2.24) is 14.5 Å². The van der Waals surface area contributed by atoms with E-state index in [1.807, 2.05) is 0 Å². The molecular formula is C21H21F3N4O. The molecule has 0 unspecified atom stereocenters. The maximum absolute atomic E-state index is 14.5. The van der Waals surface area contributed by atoms with Gasteiger partial charge in [0, 0.05) is 17.8 Å². The van der Waals surface area contributed by atoms with Gasteiger partial charge in [0.25, 0.3) is 12.0 Å². The number of alkyl halides is 2. The molecule has 1 saturated carbocycles. The minimum absolute atomic E-state index is 0.246. The molecule has 3 aromatic rings. The van der Waals surface area contributed by atoms with Crippen LogP contribution in [0, 0.1) is 19.7 Å². The molecule has 1 aliphatic rings. The van der Waals surface area contributed by atoms with Crippen molar-refractivity contribution < 1.29 is 13.2 Å². The first-order valence-electron chi connectivity index (χ1n) is 9.44. The van der Waals surface area contributed by atoms with Crippen LogP contribution in [0.3, 0.4) is 0 Å². The molecule has 0 amide bonds. The zero-order valence-corrected chi connectivity index (χ0v) is 16.3. The summed E-state index contributed by atoms with van der Waals surface area (Å²) in [6.45, 7) is 5.15. The number of fused-ring (bicyclic) bond motifs is 1. The van der Waals surface area contributed by atoms with Crippen LogP contribution in [0.1, 0.15) is 42.8 Å². The highest BCUT2D eigenvalue weighted by Gasteiger charge is 2.53. The van der Waals surface area contributed by atoms with Gasteiger partial charge in [-0.1, -0.05) is 18.2 Å². The second-order valence-corrected chi connectivity index (χ2v) is 7.65. The van der Waals surface area contributed by atoms with Crippen molar-refractivity contribution in [3.8, 4) is 0 Å². The Labute approximate surface area is 165 Å². The van der Waals surface area contributed by atoms with E-state index >= 15 is 0 Å². The van der Waals surface area contributed by atoms with Gasteiger partial charge in [-0.25, -0.2) is 23.1 Å². The van der Waals surface area contributed by atoms with Gasteiger partial charge in [0.15, 0.2) is 0 Å². The number of benzene rings is 1. The zero-order chi connectivity index (χ0) is 20.9. The summed E-state index contributed by atoms with van der Waals surface area (Å²) in [5, 5.41) is 3.61. The first-order chi connectivity index (χ1) is 13.7. The van der Waals surface area contributed by atoms with Crippen LogP contribution < -0.4 is 10.9 Å². The highest BCUT2D eigenvalue weighted by Crippen LogP contribution is 2.48. The summed E-state index contributed by atoms with van der Waals surface area (Å²) in [6, 6.07) is 5.97. The van der Waals surface area contributed by atoms with Crippen LogP contribution in [0.25, 0.3) is 10.9 Å². The van der Waals surface area contributed by atoms with Crippen molar-refractivity contribution >= 4 is 16.7 Å². The Hall–Kier alpha value is -2.90. The van der Waals surface area contributed by atoms with E-state index in [0.717, 1.165) is 4.57 Å². The summed E-state index contributed by atoms with van der Waals surface area (Å²) in [6.07, 6.45) is -0.745. The first kappa shape index (κ1) is 19.4. The maximum atomic E-state index is 14.5. The molecule has 1 N–H and O–H groups in total. The minimum atomic E-state index is -2.64. The van der Waals surface area contributed by atoms with Gasteiger partial charge in [0.2, 0.25) is 0 Å². The van der Waals surface area contributed by atoms with Gasteiger partial charge in [-0.05, 0) is 39.2 Å². The fourth-order valence-electron chi connectivity index (χ4n) is 3.66. The normalized spacial score (nSPS) is 16.2. The van der Waals surface area contributed by atoms with E-state index in [1.54, 1.807) is 39.0 Å². The molecule has 152 valence electrons. The van der Waals surface area contributed by atoms with Gasteiger partial charge in [0.1, 0.15) is 23.0 Å². The van der Waals surface area contributed by atoms with Crippen LogP contribution in [0.2, 0.25) is 0 Å². The van der Waals surface area contributed by atoms with Crippen molar-refractivity contribution in [2.24, 2.45) is 0 Å². The summed E-state index contributed by atoms with van der Waals surface area (Å²) in [5.74, 6) is 0.484. The van der Waals surface area contributed by atoms with Crippen LogP contribution >= 0.6 is 0 Å². The quantitative estimate of drug-likeness (QED) is 0.684. The van der Waals surface area contributed by atoms with Crippen LogP contribution in [0.5, 0.6) is 0 Å². The third kappa shape index (κ3) is 3.26. The van der Waals surface area contributed by atoms with Crippen molar-refractivity contribution in [2.75, 3.05) is 5.32 Å². The van der Waals surface area contributed by atoms with E-state index in [9.17, 15) is 18.0 Å². The molecule has 2 heterocycles. The van der Waals surface area contributed by atoms with E-state index in [-0.39, 0.29) is 18.7 Å². The predicted octanol–water partition coefficient (Wildman–Crippen LogP) is 4.47. The standard InChI is InChI=1S/C21H21F3N4O/c1-11-5-4-6-14(18(11)22)12(2)25-19-15-10-28(21(7-8-21)20(23)24)17(29)9-16(15)26-13(3)27-19/h4-6,9-10,12,20H,7-8H2,1-3H3,(H,25,26,27)/t12-/m1/s1. The molecule has 4 rings (SSSR count). The average Bonchev–Trinajstić information content (AvgIpc) is 3.45. The Morgan fingerprint density at radius 2 is 1.93 bits per heavy atom. The number of aromatic nitrogens is 3. The maximum Gasteiger partial charge on any atom is 0.261 e. The number of pyridine rings is 1. The lowest BCUT2D eigenvalue weighted by Crippen LogP contribution is -2.35. The lowest BCUT2D eigenvalue weighted by molar-refractivity contribution is 0.0654. The summed E-state index contributed by atoms with van der Waals surface area (Å²) in [4.78, 5) is 21.1. The van der Waals surface area contributed by atoms with Gasteiger partial charge in [-0.2, -0.15) is 0 Å². The number of halogens is 3. The number of hydrogen-bond acceptors (Lipinski definition) is 4. The Bertz CT molecular complexity index is 1150. The second kappa shape index (κ2) is 6.86. The van der Waals surface area contributed by atoms with Gasteiger partial charge in [-0.3, -0.25) is 4.79 Å². The first-order valence-corrected chi connectivity index (χ1v) is 9.44.